The normalized spacial score (nSPS) is 14.4. The van der Waals surface area contributed by atoms with Crippen molar-refractivity contribution in [3.63, 3.8) is 0 Å². The lowest BCUT2D eigenvalue weighted by atomic mass is 9.96. The molecule has 0 aliphatic carbocycles. The van der Waals surface area contributed by atoms with Crippen molar-refractivity contribution in [2.75, 3.05) is 63.3 Å². The Morgan fingerprint density at radius 3 is 2.47 bits per heavy atom. The molecule has 2 N–H and O–H groups in total. The van der Waals surface area contributed by atoms with Crippen molar-refractivity contribution >= 4 is 40.5 Å². The third-order valence-corrected chi connectivity index (χ3v) is 10.9. The van der Waals surface area contributed by atoms with Crippen LogP contribution < -0.4 is 15.0 Å². The molecular weight excluding hydrogens is 715 g/mol. The average Bonchev–Trinajstić information content (AvgIpc) is 3.50. The standard InChI is InChI=1S/C43H55N5O6S/c1-5-7-24-53-25-26-54-39-15-10-33(11-16-39)34-12-19-41-36(27-34)28-35(9-8-21-47(41)23-22-46(4)30-42(49)50)43(51)45-37-13-17-40(18-14-37)55(52)31-38-29-44-32(3)48(38)20-6-2/h10-19,27-29H,5-9,20-26,30-31H2,1-4H3,(H,45,51)(H,49,50)/b35-28+/t55-/m0/s1. The highest BCUT2D eigenvalue weighted by molar-refractivity contribution is 7.90. The molecule has 12 heteroatoms. The minimum Gasteiger partial charge on any atom is -0.611 e. The van der Waals surface area contributed by atoms with E-state index in [2.05, 4.69) is 51.8 Å². The van der Waals surface area contributed by atoms with Gasteiger partial charge >= 0.3 is 5.97 Å². The fraction of sp³-hybridized carbons (Fsp3) is 0.419. The first kappa shape index (κ1) is 41.5. The van der Waals surface area contributed by atoms with Crippen molar-refractivity contribution in [3.05, 3.63) is 95.6 Å². The Morgan fingerprint density at radius 1 is 0.982 bits per heavy atom. The van der Waals surface area contributed by atoms with Crippen molar-refractivity contribution in [1.29, 1.82) is 0 Å². The Balaban J connectivity index is 1.32. The van der Waals surface area contributed by atoms with Gasteiger partial charge in [0.2, 0.25) is 0 Å². The first-order valence-corrected chi connectivity index (χ1v) is 20.6. The molecule has 0 saturated heterocycles. The van der Waals surface area contributed by atoms with Crippen LogP contribution >= 0.6 is 0 Å². The van der Waals surface area contributed by atoms with Gasteiger partial charge in [0, 0.05) is 49.7 Å². The second kappa shape index (κ2) is 20.9. The highest BCUT2D eigenvalue weighted by atomic mass is 32.2. The zero-order chi connectivity index (χ0) is 39.2. The maximum atomic E-state index is 13.8. The first-order chi connectivity index (χ1) is 26.6. The molecule has 4 aromatic rings. The highest BCUT2D eigenvalue weighted by Crippen LogP contribution is 2.33. The molecule has 1 aliphatic rings. The lowest BCUT2D eigenvalue weighted by Gasteiger charge is -2.30. The number of carboxylic acid groups (broad SMARTS) is 1. The van der Waals surface area contributed by atoms with Crippen molar-refractivity contribution in [2.45, 2.75) is 70.1 Å². The number of benzene rings is 3. The van der Waals surface area contributed by atoms with Crippen molar-refractivity contribution in [1.82, 2.24) is 14.5 Å². The van der Waals surface area contributed by atoms with E-state index in [-0.39, 0.29) is 12.5 Å². The van der Waals surface area contributed by atoms with Gasteiger partial charge in [-0.15, -0.1) is 0 Å². The molecule has 2 heterocycles. The molecule has 0 bridgehead atoms. The van der Waals surface area contributed by atoms with Crippen LogP contribution in [0.5, 0.6) is 5.75 Å². The molecule has 3 aromatic carbocycles. The minimum absolute atomic E-state index is 0.0311. The number of aryl methyl sites for hydroxylation is 1. The van der Waals surface area contributed by atoms with Gasteiger partial charge in [0.25, 0.3) is 5.91 Å². The van der Waals surface area contributed by atoms with Crippen LogP contribution in [0.15, 0.2) is 83.4 Å². The van der Waals surface area contributed by atoms with Crippen LogP contribution in [0.4, 0.5) is 11.4 Å². The molecule has 294 valence electrons. The van der Waals surface area contributed by atoms with Crippen LogP contribution in [-0.2, 0) is 37.8 Å². The summed E-state index contributed by atoms with van der Waals surface area (Å²) >= 11 is -1.26. The number of carbonyl (C=O) groups excluding carboxylic acids is 1. The Labute approximate surface area is 328 Å². The number of imidazole rings is 1. The second-order valence-electron chi connectivity index (χ2n) is 13.9. The van der Waals surface area contributed by atoms with Crippen molar-refractivity contribution in [2.24, 2.45) is 0 Å². The Kier molecular flexibility index (Phi) is 15.8. The molecule has 1 atom stereocenters. The quantitative estimate of drug-likeness (QED) is 0.0697. The molecule has 5 rings (SSSR count). The van der Waals surface area contributed by atoms with E-state index in [1.54, 1.807) is 23.2 Å². The summed E-state index contributed by atoms with van der Waals surface area (Å²) in [6.45, 7) is 10.8. The van der Waals surface area contributed by atoms with E-state index >= 15 is 0 Å². The largest absolute Gasteiger partial charge is 0.611 e. The van der Waals surface area contributed by atoms with Crippen molar-refractivity contribution in [3.8, 4) is 16.9 Å². The van der Waals surface area contributed by atoms with Crippen LogP contribution in [0.1, 0.15) is 63.0 Å². The summed E-state index contributed by atoms with van der Waals surface area (Å²) in [4.78, 5) is 34.3. The molecule has 0 saturated carbocycles. The molecular formula is C43H55N5O6S. The van der Waals surface area contributed by atoms with Gasteiger partial charge in [0.1, 0.15) is 18.2 Å². The SMILES string of the molecule is CCCCOCCOc1ccc(-c2ccc3c(c2)/C=C(/C(=O)Nc2ccc([S@@+]([O-])Cc4cnc(C)n4CCC)cc2)CCCN3CCN(C)CC(=O)O)cc1. The van der Waals surface area contributed by atoms with Crippen LogP contribution in [0.2, 0.25) is 0 Å². The third-order valence-electron chi connectivity index (χ3n) is 9.59. The van der Waals surface area contributed by atoms with Crippen molar-refractivity contribution < 1.29 is 28.7 Å². The fourth-order valence-electron chi connectivity index (χ4n) is 6.58. The van der Waals surface area contributed by atoms with Gasteiger partial charge in [-0.3, -0.25) is 14.5 Å². The number of nitrogens with zero attached hydrogens (tertiary/aromatic N) is 4. The van der Waals surface area contributed by atoms with E-state index in [9.17, 15) is 19.2 Å². The van der Waals surface area contributed by atoms with Gasteiger partial charge in [0.15, 0.2) is 10.6 Å². The number of rotatable bonds is 20. The number of anilines is 2. The lowest BCUT2D eigenvalue weighted by molar-refractivity contribution is -0.137. The monoisotopic (exact) mass is 769 g/mol. The number of aliphatic carboxylic acids is 1. The zero-order valence-electron chi connectivity index (χ0n) is 32.6. The summed E-state index contributed by atoms with van der Waals surface area (Å²) < 4.78 is 26.9. The molecule has 0 radical (unpaired) electrons. The Morgan fingerprint density at radius 2 is 1.75 bits per heavy atom. The smallest absolute Gasteiger partial charge is 0.317 e. The number of carbonyl (C=O) groups is 2. The number of nitrogens with one attached hydrogen (secondary N) is 1. The van der Waals surface area contributed by atoms with Gasteiger partial charge in [-0.1, -0.05) is 38.5 Å². The van der Waals surface area contributed by atoms with Gasteiger partial charge in [-0.2, -0.15) is 0 Å². The zero-order valence-corrected chi connectivity index (χ0v) is 33.4. The van der Waals surface area contributed by atoms with Gasteiger partial charge in [-0.05, 0) is 122 Å². The number of amides is 1. The van der Waals surface area contributed by atoms with E-state index in [0.29, 0.717) is 61.2 Å². The number of hydrogen-bond donors (Lipinski definition) is 2. The number of hydrogen-bond acceptors (Lipinski definition) is 8. The van der Waals surface area contributed by atoms with Gasteiger partial charge in [-0.25, -0.2) is 4.98 Å². The molecule has 11 nitrogen and oxygen atoms in total. The number of likely N-dealkylation sites (N-methyl/N-ethyl adjacent to an activating group) is 1. The van der Waals surface area contributed by atoms with Crippen LogP contribution in [-0.4, -0.2) is 89.0 Å². The summed E-state index contributed by atoms with van der Waals surface area (Å²) in [5.41, 5.74) is 6.17. The van der Waals surface area contributed by atoms with E-state index in [0.717, 1.165) is 78.5 Å². The molecule has 55 heavy (non-hydrogen) atoms. The molecule has 0 spiro atoms. The number of ether oxygens (including phenoxy) is 2. The summed E-state index contributed by atoms with van der Waals surface area (Å²) in [5, 5.41) is 12.3. The number of unbranched alkanes of at least 4 members (excludes halogenated alkanes) is 1. The maximum absolute atomic E-state index is 13.8. The molecule has 1 aliphatic heterocycles. The maximum Gasteiger partial charge on any atom is 0.317 e. The van der Waals surface area contributed by atoms with E-state index in [1.165, 1.54) is 0 Å². The number of fused-ring (bicyclic) bond motifs is 1. The summed E-state index contributed by atoms with van der Waals surface area (Å²) in [6.07, 6.45) is 8.21. The fourth-order valence-corrected chi connectivity index (χ4v) is 7.69. The molecule has 1 aromatic heterocycles. The minimum atomic E-state index is -1.26. The predicted octanol–water partition coefficient (Wildman–Crippen LogP) is 7.41. The Bertz CT molecular complexity index is 1880. The van der Waals surface area contributed by atoms with E-state index in [1.807, 2.05) is 56.4 Å². The third kappa shape index (κ3) is 12.2. The molecule has 0 fully saturated rings. The second-order valence-corrected chi connectivity index (χ2v) is 15.4. The number of aromatic nitrogens is 2. The van der Waals surface area contributed by atoms with Crippen LogP contribution in [0.3, 0.4) is 0 Å². The van der Waals surface area contributed by atoms with Gasteiger partial charge in [0.05, 0.1) is 25.0 Å². The topological polar surface area (TPSA) is 132 Å². The molecule has 1 amide bonds. The van der Waals surface area contributed by atoms with Crippen LogP contribution in [0.25, 0.3) is 17.2 Å². The van der Waals surface area contributed by atoms with E-state index < -0.39 is 17.1 Å². The number of carboxylic acids is 1. The summed E-state index contributed by atoms with van der Waals surface area (Å²) in [6, 6.07) is 21.5. The average molecular weight is 770 g/mol. The predicted molar refractivity (Wildman–Crippen MR) is 220 cm³/mol. The summed E-state index contributed by atoms with van der Waals surface area (Å²) in [7, 11) is 1.81. The summed E-state index contributed by atoms with van der Waals surface area (Å²) in [5.74, 6) is 1.03. The molecule has 0 unspecified atom stereocenters. The highest BCUT2D eigenvalue weighted by Gasteiger charge is 2.21. The lowest BCUT2D eigenvalue weighted by Crippen LogP contribution is -2.37. The van der Waals surface area contributed by atoms with E-state index in [4.69, 9.17) is 9.47 Å². The van der Waals surface area contributed by atoms with Crippen LogP contribution in [0, 0.1) is 6.92 Å². The Hall–Kier alpha value is -4.62. The van der Waals surface area contributed by atoms with Gasteiger partial charge < -0.3 is 33.9 Å². The first-order valence-electron chi connectivity index (χ1n) is 19.3.